The average molecular weight is 180 g/mol. The fraction of sp³-hybridized carbons (Fsp3) is 0.300. The van der Waals surface area contributed by atoms with Crippen LogP contribution < -0.4 is 5.73 Å². The second-order valence-corrected chi connectivity index (χ2v) is 2.84. The summed E-state index contributed by atoms with van der Waals surface area (Å²) in [6.45, 7) is 0. The molecule has 1 rings (SSSR count). The van der Waals surface area contributed by atoms with Crippen LogP contribution in [0.5, 0.6) is 0 Å². The van der Waals surface area contributed by atoms with Crippen LogP contribution in [0.15, 0.2) is 29.3 Å². The minimum atomic E-state index is -0.204. The van der Waals surface area contributed by atoms with E-state index in [1.165, 1.54) is 12.1 Å². The van der Waals surface area contributed by atoms with Crippen LogP contribution in [0.1, 0.15) is 12.0 Å². The third-order valence-corrected chi connectivity index (χ3v) is 1.85. The molecule has 1 aromatic carbocycles. The summed E-state index contributed by atoms with van der Waals surface area (Å²) >= 11 is 0. The molecule has 0 fully saturated rings. The van der Waals surface area contributed by atoms with Crippen molar-refractivity contribution in [1.29, 1.82) is 0 Å². The Morgan fingerprint density at radius 3 is 2.92 bits per heavy atom. The molecule has 2 nitrogen and oxygen atoms in total. The summed E-state index contributed by atoms with van der Waals surface area (Å²) in [6, 6.07) is 6.53. The lowest BCUT2D eigenvalue weighted by Gasteiger charge is -2.00. The second kappa shape index (κ2) is 4.60. The highest BCUT2D eigenvalue weighted by Gasteiger charge is 1.96. The SMILES string of the molecule is CN=C(N)CCc1cccc(F)c1. The Bertz CT molecular complexity index is 308. The van der Waals surface area contributed by atoms with Crippen molar-refractivity contribution in [2.45, 2.75) is 12.8 Å². The van der Waals surface area contributed by atoms with E-state index >= 15 is 0 Å². The molecule has 0 bridgehead atoms. The third-order valence-electron chi connectivity index (χ3n) is 1.85. The van der Waals surface area contributed by atoms with Gasteiger partial charge in [-0.3, -0.25) is 4.99 Å². The largest absolute Gasteiger partial charge is 0.387 e. The number of amidine groups is 1. The van der Waals surface area contributed by atoms with Crippen molar-refractivity contribution in [1.82, 2.24) is 0 Å². The minimum Gasteiger partial charge on any atom is -0.387 e. The van der Waals surface area contributed by atoms with E-state index < -0.39 is 0 Å². The predicted octanol–water partition coefficient (Wildman–Crippen LogP) is 1.75. The Balaban J connectivity index is 2.55. The molecule has 0 aliphatic heterocycles. The number of aliphatic imine (C=N–C) groups is 1. The number of aryl methyl sites for hydroxylation is 1. The molecule has 0 atom stereocenters. The zero-order chi connectivity index (χ0) is 9.68. The van der Waals surface area contributed by atoms with Gasteiger partial charge in [-0.1, -0.05) is 12.1 Å². The molecule has 0 heterocycles. The average Bonchev–Trinajstić information content (AvgIpc) is 2.14. The van der Waals surface area contributed by atoms with E-state index in [1.807, 2.05) is 6.07 Å². The molecule has 0 unspecified atom stereocenters. The van der Waals surface area contributed by atoms with Crippen molar-refractivity contribution in [2.24, 2.45) is 10.7 Å². The molecule has 2 N–H and O–H groups in total. The molecule has 1 aromatic rings. The molecule has 70 valence electrons. The van der Waals surface area contributed by atoms with Crippen molar-refractivity contribution >= 4 is 5.84 Å². The second-order valence-electron chi connectivity index (χ2n) is 2.84. The van der Waals surface area contributed by atoms with Gasteiger partial charge >= 0.3 is 0 Å². The lowest BCUT2D eigenvalue weighted by Crippen LogP contribution is -2.12. The van der Waals surface area contributed by atoms with Gasteiger partial charge in [0, 0.05) is 13.5 Å². The molecular formula is C10H13FN2. The predicted molar refractivity (Wildman–Crippen MR) is 52.3 cm³/mol. The molecule has 0 aliphatic rings. The maximum absolute atomic E-state index is 12.7. The maximum atomic E-state index is 12.7. The Labute approximate surface area is 77.3 Å². The van der Waals surface area contributed by atoms with E-state index in [-0.39, 0.29) is 5.82 Å². The molecule has 0 saturated heterocycles. The van der Waals surface area contributed by atoms with Gasteiger partial charge in [-0.15, -0.1) is 0 Å². The van der Waals surface area contributed by atoms with Gasteiger partial charge in [0.05, 0.1) is 5.84 Å². The quantitative estimate of drug-likeness (QED) is 0.558. The number of nitrogens with zero attached hydrogens (tertiary/aromatic N) is 1. The first-order chi connectivity index (χ1) is 6.22. The van der Waals surface area contributed by atoms with Crippen LogP contribution >= 0.6 is 0 Å². The highest BCUT2D eigenvalue weighted by atomic mass is 19.1. The smallest absolute Gasteiger partial charge is 0.123 e. The molecular weight excluding hydrogens is 167 g/mol. The van der Waals surface area contributed by atoms with Crippen molar-refractivity contribution in [2.75, 3.05) is 7.05 Å². The van der Waals surface area contributed by atoms with Crippen LogP contribution in [-0.2, 0) is 6.42 Å². The summed E-state index contributed by atoms with van der Waals surface area (Å²) in [5.74, 6) is 0.397. The molecule has 3 heteroatoms. The zero-order valence-electron chi connectivity index (χ0n) is 7.63. The van der Waals surface area contributed by atoms with E-state index in [4.69, 9.17) is 5.73 Å². The zero-order valence-corrected chi connectivity index (χ0v) is 7.63. The molecule has 0 radical (unpaired) electrons. The van der Waals surface area contributed by atoms with E-state index in [1.54, 1.807) is 13.1 Å². The van der Waals surface area contributed by atoms with Crippen LogP contribution in [0.3, 0.4) is 0 Å². The van der Waals surface area contributed by atoms with Crippen molar-refractivity contribution in [3.05, 3.63) is 35.6 Å². The lowest BCUT2D eigenvalue weighted by molar-refractivity contribution is 0.625. The fourth-order valence-corrected chi connectivity index (χ4v) is 1.08. The summed E-state index contributed by atoms with van der Waals surface area (Å²) in [4.78, 5) is 3.83. The highest BCUT2D eigenvalue weighted by Crippen LogP contribution is 2.05. The first kappa shape index (κ1) is 9.71. The van der Waals surface area contributed by atoms with Gasteiger partial charge in [0.25, 0.3) is 0 Å². The Morgan fingerprint density at radius 1 is 1.54 bits per heavy atom. The topological polar surface area (TPSA) is 38.4 Å². The van der Waals surface area contributed by atoms with Crippen LogP contribution in [0.2, 0.25) is 0 Å². The Hall–Kier alpha value is -1.38. The molecule has 0 aromatic heterocycles. The van der Waals surface area contributed by atoms with Gasteiger partial charge in [-0.2, -0.15) is 0 Å². The third kappa shape index (κ3) is 3.23. The molecule has 13 heavy (non-hydrogen) atoms. The molecule has 0 saturated carbocycles. The minimum absolute atomic E-state index is 0.204. The Kier molecular flexibility index (Phi) is 3.43. The van der Waals surface area contributed by atoms with Gasteiger partial charge in [-0.25, -0.2) is 4.39 Å². The molecule has 0 amide bonds. The number of benzene rings is 1. The number of hydrogen-bond acceptors (Lipinski definition) is 1. The normalized spacial score (nSPS) is 11.7. The van der Waals surface area contributed by atoms with Crippen molar-refractivity contribution in [3.8, 4) is 0 Å². The van der Waals surface area contributed by atoms with Gasteiger partial charge < -0.3 is 5.73 Å². The first-order valence-corrected chi connectivity index (χ1v) is 4.18. The number of nitrogens with two attached hydrogens (primary N) is 1. The summed E-state index contributed by atoms with van der Waals surface area (Å²) in [7, 11) is 1.65. The van der Waals surface area contributed by atoms with Gasteiger partial charge in [-0.05, 0) is 24.1 Å². The maximum Gasteiger partial charge on any atom is 0.123 e. The number of halogens is 1. The van der Waals surface area contributed by atoms with Crippen molar-refractivity contribution < 1.29 is 4.39 Å². The van der Waals surface area contributed by atoms with Gasteiger partial charge in [0.15, 0.2) is 0 Å². The van der Waals surface area contributed by atoms with Crippen LogP contribution in [0, 0.1) is 5.82 Å². The first-order valence-electron chi connectivity index (χ1n) is 4.18. The van der Waals surface area contributed by atoms with E-state index in [0.717, 1.165) is 12.0 Å². The molecule has 0 spiro atoms. The van der Waals surface area contributed by atoms with Crippen LogP contribution in [0.25, 0.3) is 0 Å². The van der Waals surface area contributed by atoms with Gasteiger partial charge in [0.1, 0.15) is 5.82 Å². The number of hydrogen-bond donors (Lipinski definition) is 1. The highest BCUT2D eigenvalue weighted by molar-refractivity contribution is 5.80. The van der Waals surface area contributed by atoms with Gasteiger partial charge in [0.2, 0.25) is 0 Å². The summed E-state index contributed by atoms with van der Waals surface area (Å²) in [5, 5.41) is 0. The van der Waals surface area contributed by atoms with Crippen molar-refractivity contribution in [3.63, 3.8) is 0 Å². The van der Waals surface area contributed by atoms with Crippen LogP contribution in [-0.4, -0.2) is 12.9 Å². The van der Waals surface area contributed by atoms with E-state index in [2.05, 4.69) is 4.99 Å². The number of rotatable bonds is 3. The van der Waals surface area contributed by atoms with E-state index in [9.17, 15) is 4.39 Å². The molecule has 0 aliphatic carbocycles. The summed E-state index contributed by atoms with van der Waals surface area (Å²) in [5.41, 5.74) is 6.47. The van der Waals surface area contributed by atoms with Crippen LogP contribution in [0.4, 0.5) is 4.39 Å². The fourth-order valence-electron chi connectivity index (χ4n) is 1.08. The Morgan fingerprint density at radius 2 is 2.31 bits per heavy atom. The standard InChI is InChI=1S/C10H13FN2/c1-13-10(12)6-5-8-3-2-4-9(11)7-8/h2-4,7H,5-6H2,1H3,(H2,12,13). The van der Waals surface area contributed by atoms with E-state index in [0.29, 0.717) is 12.3 Å². The summed E-state index contributed by atoms with van der Waals surface area (Å²) in [6.07, 6.45) is 1.42. The lowest BCUT2D eigenvalue weighted by atomic mass is 10.1. The monoisotopic (exact) mass is 180 g/mol. The summed E-state index contributed by atoms with van der Waals surface area (Å²) < 4.78 is 12.7.